The van der Waals surface area contributed by atoms with E-state index >= 15 is 0 Å². The summed E-state index contributed by atoms with van der Waals surface area (Å²) in [4.78, 5) is 4.94. The van der Waals surface area contributed by atoms with Gasteiger partial charge in [0.05, 0.1) is 23.2 Å². The van der Waals surface area contributed by atoms with Gasteiger partial charge in [0, 0.05) is 35.6 Å². The fourth-order valence-electron chi connectivity index (χ4n) is 5.12. The van der Waals surface area contributed by atoms with Crippen LogP contribution in [0.3, 0.4) is 0 Å². The van der Waals surface area contributed by atoms with Crippen LogP contribution in [-0.2, 0) is 10.0 Å². The van der Waals surface area contributed by atoms with Crippen molar-refractivity contribution in [1.29, 1.82) is 0 Å². The summed E-state index contributed by atoms with van der Waals surface area (Å²) in [6, 6.07) is 17.6. The van der Waals surface area contributed by atoms with Crippen molar-refractivity contribution >= 4 is 32.2 Å². The number of benzene rings is 3. The molecule has 0 spiro atoms. The van der Waals surface area contributed by atoms with E-state index in [1.54, 1.807) is 13.2 Å². The average Bonchev–Trinajstić information content (AvgIpc) is 2.72. The number of aryl methyl sites for hydroxylation is 1. The van der Waals surface area contributed by atoms with E-state index in [0.717, 1.165) is 41.2 Å². The van der Waals surface area contributed by atoms with E-state index in [0.29, 0.717) is 5.39 Å². The van der Waals surface area contributed by atoms with Gasteiger partial charge in [0.1, 0.15) is 5.75 Å². The summed E-state index contributed by atoms with van der Waals surface area (Å²) in [6.07, 6.45) is 0. The highest BCUT2D eigenvalue weighted by atomic mass is 32.2. The van der Waals surface area contributed by atoms with Gasteiger partial charge in [-0.1, -0.05) is 30.3 Å². The molecule has 1 atom stereocenters. The van der Waals surface area contributed by atoms with Crippen molar-refractivity contribution in [1.82, 2.24) is 0 Å². The maximum atomic E-state index is 12.1. The Kier molecular flexibility index (Phi) is 5.59. The van der Waals surface area contributed by atoms with E-state index in [9.17, 15) is 8.42 Å². The lowest BCUT2D eigenvalue weighted by Crippen LogP contribution is -2.63. The summed E-state index contributed by atoms with van der Waals surface area (Å²) in [5, 5.41) is 7.02. The molecule has 1 aliphatic heterocycles. The highest BCUT2D eigenvalue weighted by Crippen LogP contribution is 2.40. The van der Waals surface area contributed by atoms with Gasteiger partial charge in [-0.3, -0.25) is 0 Å². The lowest BCUT2D eigenvalue weighted by Gasteiger charge is -2.53. The van der Waals surface area contributed by atoms with Gasteiger partial charge in [-0.15, -0.1) is 0 Å². The van der Waals surface area contributed by atoms with Gasteiger partial charge in [-0.2, -0.15) is 0 Å². The molecule has 4 rings (SSSR count). The Balaban J connectivity index is 1.77. The molecule has 0 bridgehead atoms. The first-order valence-corrected chi connectivity index (χ1v) is 12.3. The molecule has 0 saturated carbocycles. The van der Waals surface area contributed by atoms with E-state index in [-0.39, 0.29) is 16.5 Å². The van der Waals surface area contributed by atoms with E-state index in [1.165, 1.54) is 0 Å². The van der Waals surface area contributed by atoms with Crippen molar-refractivity contribution in [3.8, 4) is 5.75 Å². The number of hydrogen-bond acceptors (Lipinski definition) is 5. The van der Waals surface area contributed by atoms with Crippen LogP contribution in [0.15, 0.2) is 59.5 Å². The summed E-state index contributed by atoms with van der Waals surface area (Å²) in [6.45, 7) is 10.3. The van der Waals surface area contributed by atoms with Crippen LogP contribution in [0.1, 0.15) is 26.3 Å². The summed E-state index contributed by atoms with van der Waals surface area (Å²) in [5.41, 5.74) is 3.07. The molecule has 1 saturated heterocycles. The molecule has 0 aromatic heterocycles. The van der Waals surface area contributed by atoms with E-state index in [4.69, 9.17) is 9.88 Å². The fourth-order valence-corrected chi connectivity index (χ4v) is 5.86. The molecule has 3 aromatic rings. The first-order valence-electron chi connectivity index (χ1n) is 10.8. The van der Waals surface area contributed by atoms with Gasteiger partial charge in [0.25, 0.3) is 0 Å². The third kappa shape index (κ3) is 3.91. The standard InChI is InChI=1S/C25H31N3O3S/c1-17-10-11-22(23(14-17)31-5)28-18(2)15-27(16-25(28,3)4)21-12-13-24(32(26,29)30)20-9-7-6-8-19(20)21/h6-14,18H,15-16H2,1-5H3,(H2,26,29,30). The van der Waals surface area contributed by atoms with Crippen LogP contribution in [0, 0.1) is 6.92 Å². The zero-order valence-electron chi connectivity index (χ0n) is 19.3. The van der Waals surface area contributed by atoms with Gasteiger partial charge in [-0.05, 0) is 57.5 Å². The monoisotopic (exact) mass is 453 g/mol. The number of ether oxygens (including phenoxy) is 1. The molecule has 1 heterocycles. The highest BCUT2D eigenvalue weighted by molar-refractivity contribution is 7.89. The van der Waals surface area contributed by atoms with Crippen LogP contribution in [0.4, 0.5) is 11.4 Å². The molecule has 2 N–H and O–H groups in total. The summed E-state index contributed by atoms with van der Waals surface area (Å²) >= 11 is 0. The van der Waals surface area contributed by atoms with Gasteiger partial charge < -0.3 is 14.5 Å². The first-order chi connectivity index (χ1) is 15.0. The van der Waals surface area contributed by atoms with Crippen molar-refractivity contribution in [3.63, 3.8) is 0 Å². The molecular weight excluding hydrogens is 422 g/mol. The van der Waals surface area contributed by atoms with Crippen molar-refractivity contribution in [2.45, 2.75) is 44.2 Å². The lowest BCUT2D eigenvalue weighted by atomic mass is 9.92. The normalized spacial score (nSPS) is 18.8. The maximum absolute atomic E-state index is 12.1. The van der Waals surface area contributed by atoms with Crippen molar-refractivity contribution in [3.05, 3.63) is 60.2 Å². The van der Waals surface area contributed by atoms with Gasteiger partial charge in [0.15, 0.2) is 0 Å². The Morgan fingerprint density at radius 1 is 1.03 bits per heavy atom. The molecule has 3 aromatic carbocycles. The molecule has 170 valence electrons. The number of hydrogen-bond donors (Lipinski definition) is 1. The molecule has 1 aliphatic rings. The summed E-state index contributed by atoms with van der Waals surface area (Å²) < 4.78 is 30.0. The van der Waals surface area contributed by atoms with Crippen molar-refractivity contribution in [2.24, 2.45) is 5.14 Å². The second-order valence-corrected chi connectivity index (χ2v) is 10.8. The largest absolute Gasteiger partial charge is 0.495 e. The van der Waals surface area contributed by atoms with Gasteiger partial charge in [0.2, 0.25) is 10.0 Å². The van der Waals surface area contributed by atoms with E-state index in [2.05, 4.69) is 55.7 Å². The number of anilines is 2. The Bertz CT molecular complexity index is 1270. The number of nitrogens with zero attached hydrogens (tertiary/aromatic N) is 2. The molecule has 6 nitrogen and oxygen atoms in total. The van der Waals surface area contributed by atoms with Crippen LogP contribution in [0.25, 0.3) is 10.8 Å². The van der Waals surface area contributed by atoms with Crippen LogP contribution in [-0.4, -0.2) is 40.2 Å². The molecule has 32 heavy (non-hydrogen) atoms. The molecule has 0 radical (unpaired) electrons. The van der Waals surface area contributed by atoms with Gasteiger partial charge in [-0.25, -0.2) is 13.6 Å². The minimum atomic E-state index is -3.81. The van der Waals surface area contributed by atoms with Crippen LogP contribution < -0.4 is 19.7 Å². The number of methoxy groups -OCH3 is 1. The average molecular weight is 454 g/mol. The topological polar surface area (TPSA) is 75.9 Å². The second-order valence-electron chi connectivity index (χ2n) is 9.26. The Morgan fingerprint density at radius 2 is 1.69 bits per heavy atom. The lowest BCUT2D eigenvalue weighted by molar-refractivity contribution is 0.355. The zero-order valence-corrected chi connectivity index (χ0v) is 20.1. The number of nitrogens with two attached hydrogens (primary N) is 1. The van der Waals surface area contributed by atoms with Crippen LogP contribution in [0.2, 0.25) is 0 Å². The Labute approximate surface area is 190 Å². The number of primary sulfonamides is 1. The number of fused-ring (bicyclic) bond motifs is 1. The smallest absolute Gasteiger partial charge is 0.238 e. The summed E-state index contributed by atoms with van der Waals surface area (Å²) in [7, 11) is -2.09. The van der Waals surface area contributed by atoms with Gasteiger partial charge >= 0.3 is 0 Å². The van der Waals surface area contributed by atoms with Crippen molar-refractivity contribution < 1.29 is 13.2 Å². The second kappa shape index (κ2) is 7.98. The van der Waals surface area contributed by atoms with E-state index < -0.39 is 10.0 Å². The molecular formula is C25H31N3O3S. The zero-order chi connectivity index (χ0) is 23.3. The number of piperazine rings is 1. The minimum Gasteiger partial charge on any atom is -0.495 e. The predicted octanol–water partition coefficient (Wildman–Crippen LogP) is 4.30. The highest BCUT2D eigenvalue weighted by Gasteiger charge is 2.39. The molecule has 1 fully saturated rings. The summed E-state index contributed by atoms with van der Waals surface area (Å²) in [5.74, 6) is 0.876. The quantitative estimate of drug-likeness (QED) is 0.638. The van der Waals surface area contributed by atoms with Crippen LogP contribution >= 0.6 is 0 Å². The fraction of sp³-hybridized carbons (Fsp3) is 0.360. The van der Waals surface area contributed by atoms with Crippen molar-refractivity contribution in [2.75, 3.05) is 30.0 Å². The Hall–Kier alpha value is -2.77. The number of sulfonamides is 1. The predicted molar refractivity (Wildman–Crippen MR) is 131 cm³/mol. The minimum absolute atomic E-state index is 0.159. The molecule has 7 heteroatoms. The molecule has 1 unspecified atom stereocenters. The molecule has 0 amide bonds. The number of rotatable bonds is 4. The third-order valence-corrected chi connectivity index (χ3v) is 7.23. The SMILES string of the molecule is COc1cc(C)ccc1N1C(C)CN(c2ccc(S(N)(=O)=O)c3ccccc23)CC1(C)C. The third-order valence-electron chi connectivity index (χ3n) is 6.26. The molecule has 0 aliphatic carbocycles. The first kappa shape index (κ1) is 22.4. The maximum Gasteiger partial charge on any atom is 0.238 e. The van der Waals surface area contributed by atoms with Crippen LogP contribution in [0.5, 0.6) is 5.75 Å². The Morgan fingerprint density at radius 3 is 2.31 bits per heavy atom. The van der Waals surface area contributed by atoms with E-state index in [1.807, 2.05) is 30.3 Å².